The monoisotopic (exact) mass is 347 g/mol. The van der Waals surface area contributed by atoms with Gasteiger partial charge < -0.3 is 15.2 Å². The van der Waals surface area contributed by atoms with Crippen LogP contribution in [0, 0.1) is 0 Å². The average Bonchev–Trinajstić information content (AvgIpc) is 2.55. The first-order valence-electron chi connectivity index (χ1n) is 7.24. The lowest BCUT2D eigenvalue weighted by atomic mass is 10.2. The molecule has 0 unspecified atom stereocenters. The Morgan fingerprint density at radius 2 is 2.04 bits per heavy atom. The molecule has 0 aliphatic heterocycles. The maximum Gasteiger partial charge on any atom is 0.271 e. The van der Waals surface area contributed by atoms with E-state index in [1.165, 1.54) is 13.3 Å². The number of nitrogen functional groups attached to an aromatic ring is 1. The molecule has 126 valence electrons. The first-order valence-corrected chi connectivity index (χ1v) is 7.62. The Kier molecular flexibility index (Phi) is 6.03. The van der Waals surface area contributed by atoms with Crippen molar-refractivity contribution in [1.29, 1.82) is 0 Å². The van der Waals surface area contributed by atoms with Gasteiger partial charge in [0.25, 0.3) is 5.91 Å². The second kappa shape index (κ2) is 8.21. The van der Waals surface area contributed by atoms with E-state index in [1.807, 2.05) is 6.92 Å². The first kappa shape index (κ1) is 17.6. The van der Waals surface area contributed by atoms with Crippen LogP contribution in [-0.2, 0) is 0 Å². The van der Waals surface area contributed by atoms with E-state index in [1.54, 1.807) is 36.4 Å². The van der Waals surface area contributed by atoms with Crippen molar-refractivity contribution in [3.8, 4) is 11.5 Å². The van der Waals surface area contributed by atoms with Crippen molar-refractivity contribution in [1.82, 2.24) is 5.43 Å². The highest BCUT2D eigenvalue weighted by Crippen LogP contribution is 2.35. The Morgan fingerprint density at radius 3 is 2.67 bits per heavy atom. The number of nitrogens with zero attached hydrogens (tertiary/aromatic N) is 1. The number of halogens is 1. The molecule has 2 rings (SSSR count). The van der Waals surface area contributed by atoms with Gasteiger partial charge in [0.2, 0.25) is 0 Å². The van der Waals surface area contributed by atoms with Crippen LogP contribution < -0.4 is 20.6 Å². The van der Waals surface area contributed by atoms with E-state index in [9.17, 15) is 4.79 Å². The predicted octanol–water partition coefficient (Wildman–Crippen LogP) is 3.09. The first-order chi connectivity index (χ1) is 11.5. The van der Waals surface area contributed by atoms with Gasteiger partial charge in [-0.05, 0) is 48.9 Å². The fourth-order valence-corrected chi connectivity index (χ4v) is 2.28. The number of hydrazone groups is 1. The van der Waals surface area contributed by atoms with Crippen molar-refractivity contribution in [3.63, 3.8) is 0 Å². The summed E-state index contributed by atoms with van der Waals surface area (Å²) in [5, 5.41) is 4.33. The number of methoxy groups -OCH3 is 1. The second-order valence-corrected chi connectivity index (χ2v) is 5.20. The SMILES string of the molecule is CCOc1cc(/C=N\NC(=O)c2ccc(N)cc2)cc(Cl)c1OC. The van der Waals surface area contributed by atoms with Crippen LogP contribution >= 0.6 is 11.6 Å². The van der Waals surface area contributed by atoms with E-state index in [4.69, 9.17) is 26.8 Å². The summed E-state index contributed by atoms with van der Waals surface area (Å²) in [5.41, 5.74) is 9.74. The molecule has 0 bridgehead atoms. The highest BCUT2D eigenvalue weighted by atomic mass is 35.5. The number of anilines is 1. The van der Waals surface area contributed by atoms with Crippen molar-refractivity contribution in [3.05, 3.63) is 52.5 Å². The Labute approximate surface area is 145 Å². The van der Waals surface area contributed by atoms with Crippen molar-refractivity contribution in [2.75, 3.05) is 19.5 Å². The highest BCUT2D eigenvalue weighted by Gasteiger charge is 2.10. The Bertz CT molecular complexity index is 745. The van der Waals surface area contributed by atoms with Crippen molar-refractivity contribution in [2.45, 2.75) is 6.92 Å². The van der Waals surface area contributed by atoms with Gasteiger partial charge >= 0.3 is 0 Å². The number of carbonyl (C=O) groups is 1. The van der Waals surface area contributed by atoms with Crippen LogP contribution in [0.25, 0.3) is 0 Å². The van der Waals surface area contributed by atoms with Crippen molar-refractivity contribution < 1.29 is 14.3 Å². The third-order valence-corrected chi connectivity index (χ3v) is 3.37. The predicted molar refractivity (Wildman–Crippen MR) is 95.1 cm³/mol. The second-order valence-electron chi connectivity index (χ2n) is 4.79. The molecule has 0 saturated heterocycles. The van der Waals surface area contributed by atoms with Gasteiger partial charge in [0.1, 0.15) is 0 Å². The molecule has 3 N–H and O–H groups in total. The molecule has 0 aromatic heterocycles. The molecule has 2 aromatic carbocycles. The zero-order valence-electron chi connectivity index (χ0n) is 13.4. The third kappa shape index (κ3) is 4.39. The van der Waals surface area contributed by atoms with Crippen LogP contribution in [0.2, 0.25) is 5.02 Å². The van der Waals surface area contributed by atoms with E-state index >= 15 is 0 Å². The largest absolute Gasteiger partial charge is 0.491 e. The molecule has 6 nitrogen and oxygen atoms in total. The molecule has 2 aromatic rings. The van der Waals surface area contributed by atoms with Gasteiger partial charge in [-0.15, -0.1) is 0 Å². The van der Waals surface area contributed by atoms with E-state index in [-0.39, 0.29) is 5.91 Å². The summed E-state index contributed by atoms with van der Waals surface area (Å²) in [6, 6.07) is 9.94. The summed E-state index contributed by atoms with van der Waals surface area (Å²) in [7, 11) is 1.52. The van der Waals surface area contributed by atoms with Crippen molar-refractivity contribution in [2.24, 2.45) is 5.10 Å². The van der Waals surface area contributed by atoms with Gasteiger partial charge in [0, 0.05) is 11.3 Å². The number of rotatable bonds is 6. The molecule has 0 spiro atoms. The van der Waals surface area contributed by atoms with E-state index in [2.05, 4.69) is 10.5 Å². The average molecular weight is 348 g/mol. The maximum atomic E-state index is 11.9. The molecule has 0 atom stereocenters. The number of nitrogens with one attached hydrogen (secondary N) is 1. The van der Waals surface area contributed by atoms with Gasteiger partial charge in [-0.2, -0.15) is 5.10 Å². The number of carbonyl (C=O) groups excluding carboxylic acids is 1. The Balaban J connectivity index is 2.11. The lowest BCUT2D eigenvalue weighted by molar-refractivity contribution is 0.0955. The smallest absolute Gasteiger partial charge is 0.271 e. The Hall–Kier alpha value is -2.73. The third-order valence-electron chi connectivity index (χ3n) is 3.09. The number of benzene rings is 2. The van der Waals surface area contributed by atoms with Crippen LogP contribution in [0.1, 0.15) is 22.8 Å². The van der Waals surface area contributed by atoms with E-state index in [0.29, 0.717) is 39.9 Å². The minimum Gasteiger partial charge on any atom is -0.491 e. The Morgan fingerprint density at radius 1 is 1.33 bits per heavy atom. The topological polar surface area (TPSA) is 85.9 Å². The van der Waals surface area contributed by atoms with Gasteiger partial charge in [-0.3, -0.25) is 4.79 Å². The summed E-state index contributed by atoms with van der Waals surface area (Å²) in [6.07, 6.45) is 1.48. The molecule has 0 fully saturated rings. The van der Waals surface area contributed by atoms with Crippen LogP contribution in [0.15, 0.2) is 41.5 Å². The molecule has 1 amide bonds. The van der Waals surface area contributed by atoms with E-state index < -0.39 is 0 Å². The summed E-state index contributed by atoms with van der Waals surface area (Å²) in [6.45, 7) is 2.34. The number of hydrogen-bond donors (Lipinski definition) is 2. The fraction of sp³-hybridized carbons (Fsp3) is 0.176. The zero-order valence-corrected chi connectivity index (χ0v) is 14.1. The lowest BCUT2D eigenvalue weighted by Gasteiger charge is -2.11. The molecule has 0 aliphatic rings. The zero-order chi connectivity index (χ0) is 17.5. The van der Waals surface area contributed by atoms with Gasteiger partial charge in [0.05, 0.1) is 25.0 Å². The summed E-state index contributed by atoms with van der Waals surface area (Å²) in [5.74, 6) is 0.635. The van der Waals surface area contributed by atoms with Crippen LogP contribution in [0.4, 0.5) is 5.69 Å². The van der Waals surface area contributed by atoms with Crippen LogP contribution in [-0.4, -0.2) is 25.8 Å². The standard InChI is InChI=1S/C17H18ClN3O3/c1-3-24-15-9-11(8-14(18)16(15)23-2)10-20-21-17(22)12-4-6-13(19)7-5-12/h4-10H,3,19H2,1-2H3,(H,21,22)/b20-10-. The minimum atomic E-state index is -0.337. The van der Waals surface area contributed by atoms with Crippen LogP contribution in [0.3, 0.4) is 0 Å². The molecule has 0 heterocycles. The van der Waals surface area contributed by atoms with Gasteiger partial charge in [0.15, 0.2) is 11.5 Å². The summed E-state index contributed by atoms with van der Waals surface area (Å²) in [4.78, 5) is 11.9. The molecule has 0 aliphatic carbocycles. The van der Waals surface area contributed by atoms with Crippen LogP contribution in [0.5, 0.6) is 11.5 Å². The number of hydrogen-bond acceptors (Lipinski definition) is 5. The number of amides is 1. The lowest BCUT2D eigenvalue weighted by Crippen LogP contribution is -2.17. The molecule has 7 heteroatoms. The fourth-order valence-electron chi connectivity index (χ4n) is 1.99. The minimum absolute atomic E-state index is 0.337. The molecule has 0 radical (unpaired) electrons. The molecule has 24 heavy (non-hydrogen) atoms. The number of ether oxygens (including phenoxy) is 2. The van der Waals surface area contributed by atoms with Crippen molar-refractivity contribution >= 4 is 29.4 Å². The molecule has 0 saturated carbocycles. The van der Waals surface area contributed by atoms with E-state index in [0.717, 1.165) is 0 Å². The summed E-state index contributed by atoms with van der Waals surface area (Å²) < 4.78 is 10.7. The summed E-state index contributed by atoms with van der Waals surface area (Å²) >= 11 is 6.16. The maximum absolute atomic E-state index is 11.9. The number of nitrogens with two attached hydrogens (primary N) is 1. The molecular formula is C17H18ClN3O3. The molecular weight excluding hydrogens is 330 g/mol. The normalized spacial score (nSPS) is 10.6. The highest BCUT2D eigenvalue weighted by molar-refractivity contribution is 6.32. The quantitative estimate of drug-likeness (QED) is 0.477. The van der Waals surface area contributed by atoms with Gasteiger partial charge in [-0.25, -0.2) is 5.43 Å². The van der Waals surface area contributed by atoms with Gasteiger partial charge in [-0.1, -0.05) is 11.6 Å².